The van der Waals surface area contributed by atoms with Gasteiger partial charge in [0.1, 0.15) is 0 Å². The second-order valence-corrected chi connectivity index (χ2v) is 7.14. The molecule has 0 spiro atoms. The third-order valence-electron chi connectivity index (χ3n) is 4.34. The van der Waals surface area contributed by atoms with Gasteiger partial charge in [0.2, 0.25) is 5.91 Å². The number of anilines is 1. The van der Waals surface area contributed by atoms with Crippen molar-refractivity contribution in [2.75, 3.05) is 25.6 Å². The maximum atomic E-state index is 12.7. The number of pyridine rings is 1. The van der Waals surface area contributed by atoms with Crippen molar-refractivity contribution in [2.24, 2.45) is 0 Å². The Labute approximate surface area is 190 Å². The maximum absolute atomic E-state index is 12.7. The molecule has 2 heterocycles. The van der Waals surface area contributed by atoms with E-state index in [9.17, 15) is 9.59 Å². The van der Waals surface area contributed by atoms with E-state index >= 15 is 0 Å². The van der Waals surface area contributed by atoms with E-state index in [4.69, 9.17) is 27.9 Å². The summed E-state index contributed by atoms with van der Waals surface area (Å²) in [6.45, 7) is 2.70. The van der Waals surface area contributed by atoms with Gasteiger partial charge in [0.05, 0.1) is 45.7 Å². The van der Waals surface area contributed by atoms with Crippen LogP contribution in [0.1, 0.15) is 21.7 Å². The van der Waals surface area contributed by atoms with Crippen LogP contribution < -0.4 is 10.6 Å². The summed E-state index contributed by atoms with van der Waals surface area (Å²) in [7, 11) is 1.58. The first kappa shape index (κ1) is 24.0. The molecule has 3 rings (SSSR count). The SMILES string of the molecule is COCCNC(=O)Cc1c(C)nc2c(NC(=O)c3c(Cl)cccc3Cl)cccn12.Cl. The van der Waals surface area contributed by atoms with Crippen LogP contribution in [0.25, 0.3) is 5.65 Å². The van der Waals surface area contributed by atoms with Crippen molar-refractivity contribution >= 4 is 58.8 Å². The third-order valence-corrected chi connectivity index (χ3v) is 4.97. The van der Waals surface area contributed by atoms with Gasteiger partial charge in [-0.2, -0.15) is 0 Å². The molecule has 0 saturated heterocycles. The van der Waals surface area contributed by atoms with Crippen molar-refractivity contribution in [2.45, 2.75) is 13.3 Å². The highest BCUT2D eigenvalue weighted by Gasteiger charge is 2.19. The monoisotopic (exact) mass is 470 g/mol. The van der Waals surface area contributed by atoms with E-state index in [0.717, 1.165) is 5.69 Å². The Bertz CT molecular complexity index is 1050. The predicted molar refractivity (Wildman–Crippen MR) is 120 cm³/mol. The first-order valence-electron chi connectivity index (χ1n) is 8.90. The fourth-order valence-electron chi connectivity index (χ4n) is 2.95. The standard InChI is InChI=1S/C20H20Cl2N4O3.ClH/c1-12-16(11-17(27)23-8-10-29-2)26-9-4-7-15(19(26)24-12)25-20(28)18-13(21)5-3-6-14(18)22;/h3-7,9H,8,10-11H2,1-2H3,(H,23,27)(H,25,28);1H. The highest BCUT2D eigenvalue weighted by atomic mass is 35.5. The van der Waals surface area contributed by atoms with Crippen LogP contribution in [0, 0.1) is 6.92 Å². The lowest BCUT2D eigenvalue weighted by molar-refractivity contribution is -0.120. The van der Waals surface area contributed by atoms with Crippen LogP contribution in [0.3, 0.4) is 0 Å². The number of carbonyl (C=O) groups is 2. The Hall–Kier alpha value is -2.32. The molecular weight excluding hydrogens is 451 g/mol. The lowest BCUT2D eigenvalue weighted by Crippen LogP contribution is -2.29. The molecule has 0 bridgehead atoms. The highest BCUT2D eigenvalue weighted by molar-refractivity contribution is 6.40. The molecule has 160 valence electrons. The predicted octanol–water partition coefficient (Wildman–Crippen LogP) is 3.93. The van der Waals surface area contributed by atoms with Crippen molar-refractivity contribution < 1.29 is 14.3 Å². The molecule has 2 N–H and O–H groups in total. The Morgan fingerprint density at radius 3 is 2.53 bits per heavy atom. The van der Waals surface area contributed by atoms with Gasteiger partial charge in [-0.1, -0.05) is 29.3 Å². The van der Waals surface area contributed by atoms with Crippen LogP contribution in [-0.2, 0) is 16.0 Å². The zero-order valence-corrected chi connectivity index (χ0v) is 18.7. The van der Waals surface area contributed by atoms with E-state index in [-0.39, 0.29) is 40.3 Å². The van der Waals surface area contributed by atoms with Crippen LogP contribution >= 0.6 is 35.6 Å². The normalized spacial score (nSPS) is 10.5. The van der Waals surface area contributed by atoms with Gasteiger partial charge in [0, 0.05) is 19.9 Å². The van der Waals surface area contributed by atoms with E-state index in [1.807, 2.05) is 6.92 Å². The van der Waals surface area contributed by atoms with Gasteiger partial charge >= 0.3 is 0 Å². The maximum Gasteiger partial charge on any atom is 0.258 e. The summed E-state index contributed by atoms with van der Waals surface area (Å²) in [5, 5.41) is 6.12. The largest absolute Gasteiger partial charge is 0.383 e. The molecule has 0 radical (unpaired) electrons. The minimum Gasteiger partial charge on any atom is -0.383 e. The number of fused-ring (bicyclic) bond motifs is 1. The van der Waals surface area contributed by atoms with E-state index in [2.05, 4.69) is 15.6 Å². The molecule has 0 saturated carbocycles. The Morgan fingerprint density at radius 1 is 1.17 bits per heavy atom. The fraction of sp³-hybridized carbons (Fsp3) is 0.250. The molecule has 0 unspecified atom stereocenters. The molecule has 0 aliphatic carbocycles. The zero-order chi connectivity index (χ0) is 21.0. The van der Waals surface area contributed by atoms with Gasteiger partial charge in [-0.05, 0) is 31.2 Å². The van der Waals surface area contributed by atoms with Crippen LogP contribution in [0.15, 0.2) is 36.5 Å². The van der Waals surface area contributed by atoms with Crippen LogP contribution in [0.4, 0.5) is 5.69 Å². The molecule has 0 fully saturated rings. The van der Waals surface area contributed by atoms with E-state index in [1.54, 1.807) is 48.0 Å². The number of halogens is 3. The van der Waals surface area contributed by atoms with Crippen LogP contribution in [0.2, 0.25) is 10.0 Å². The highest BCUT2D eigenvalue weighted by Crippen LogP contribution is 2.27. The van der Waals surface area contributed by atoms with Crippen molar-refractivity contribution in [3.8, 4) is 0 Å². The number of aromatic nitrogens is 2. The number of nitrogens with one attached hydrogen (secondary N) is 2. The lowest BCUT2D eigenvalue weighted by Gasteiger charge is -2.10. The number of ether oxygens (including phenoxy) is 1. The molecule has 1 aromatic carbocycles. The minimum atomic E-state index is -0.437. The second-order valence-electron chi connectivity index (χ2n) is 6.33. The molecule has 10 heteroatoms. The molecule has 2 aromatic heterocycles. The van der Waals surface area contributed by atoms with Crippen LogP contribution in [0.5, 0.6) is 0 Å². The van der Waals surface area contributed by atoms with Gasteiger partial charge < -0.3 is 19.8 Å². The number of aryl methyl sites for hydroxylation is 1. The average molecular weight is 472 g/mol. The number of benzene rings is 1. The number of rotatable bonds is 7. The summed E-state index contributed by atoms with van der Waals surface area (Å²) in [5.74, 6) is -0.572. The number of imidazole rings is 1. The van der Waals surface area contributed by atoms with Gasteiger partial charge in [0.15, 0.2) is 5.65 Å². The number of hydrogen-bond acceptors (Lipinski definition) is 4. The summed E-state index contributed by atoms with van der Waals surface area (Å²) in [5.41, 5.74) is 2.65. The minimum absolute atomic E-state index is 0. The first-order chi connectivity index (χ1) is 13.9. The fourth-order valence-corrected chi connectivity index (χ4v) is 3.52. The number of hydrogen-bond donors (Lipinski definition) is 2. The lowest BCUT2D eigenvalue weighted by atomic mass is 10.2. The van der Waals surface area contributed by atoms with Gasteiger partial charge in [-0.3, -0.25) is 9.59 Å². The summed E-state index contributed by atoms with van der Waals surface area (Å²) in [6, 6.07) is 8.37. The number of nitrogens with zero attached hydrogens (tertiary/aromatic N) is 2. The smallest absolute Gasteiger partial charge is 0.258 e. The Balaban J connectivity index is 0.00000320. The van der Waals surface area contributed by atoms with Gasteiger partial charge in [-0.15, -0.1) is 12.4 Å². The summed E-state index contributed by atoms with van der Waals surface area (Å²) in [4.78, 5) is 29.5. The molecule has 3 aromatic rings. The Kier molecular flexibility index (Phi) is 8.49. The van der Waals surface area contributed by atoms with E-state index in [0.29, 0.717) is 30.2 Å². The third kappa shape index (κ3) is 5.23. The second kappa shape index (κ2) is 10.6. The van der Waals surface area contributed by atoms with Crippen molar-refractivity contribution in [1.82, 2.24) is 14.7 Å². The van der Waals surface area contributed by atoms with Crippen LogP contribution in [-0.4, -0.2) is 41.5 Å². The van der Waals surface area contributed by atoms with Gasteiger partial charge in [-0.25, -0.2) is 4.98 Å². The zero-order valence-electron chi connectivity index (χ0n) is 16.4. The number of methoxy groups -OCH3 is 1. The molecular formula is C20H21Cl3N4O3. The molecule has 7 nitrogen and oxygen atoms in total. The quantitative estimate of drug-likeness (QED) is 0.511. The van der Waals surface area contributed by atoms with Crippen molar-refractivity contribution in [3.05, 3.63) is 63.5 Å². The molecule has 2 amide bonds. The molecule has 0 aliphatic heterocycles. The number of carbonyl (C=O) groups excluding carboxylic acids is 2. The number of amides is 2. The van der Waals surface area contributed by atoms with Crippen molar-refractivity contribution in [1.29, 1.82) is 0 Å². The van der Waals surface area contributed by atoms with E-state index < -0.39 is 5.91 Å². The van der Waals surface area contributed by atoms with E-state index in [1.165, 1.54) is 0 Å². The first-order valence-corrected chi connectivity index (χ1v) is 9.65. The molecule has 0 aliphatic rings. The summed E-state index contributed by atoms with van der Waals surface area (Å²) >= 11 is 12.3. The van der Waals surface area contributed by atoms with Gasteiger partial charge in [0.25, 0.3) is 5.91 Å². The summed E-state index contributed by atoms with van der Waals surface area (Å²) < 4.78 is 6.72. The molecule has 0 atom stereocenters. The topological polar surface area (TPSA) is 84.7 Å². The Morgan fingerprint density at radius 2 is 1.87 bits per heavy atom. The summed E-state index contributed by atoms with van der Waals surface area (Å²) in [6.07, 6.45) is 1.95. The van der Waals surface area contributed by atoms with Crippen molar-refractivity contribution in [3.63, 3.8) is 0 Å². The molecule has 30 heavy (non-hydrogen) atoms. The average Bonchev–Trinajstić information content (AvgIpc) is 2.98.